The number of carbonyl (C=O) groups is 3. The molecule has 0 saturated carbocycles. The van der Waals surface area contributed by atoms with Crippen LogP contribution >= 0.6 is 23.5 Å². The Bertz CT molecular complexity index is 1190. The predicted octanol–water partition coefficient (Wildman–Crippen LogP) is 0.0302. The first kappa shape index (κ1) is 22.9. The minimum absolute atomic E-state index is 0.0233. The Kier molecular flexibility index (Phi) is 6.47. The monoisotopic (exact) mass is 493 g/mol. The van der Waals surface area contributed by atoms with Gasteiger partial charge in [-0.2, -0.15) is 0 Å². The SMILES string of the molecule is CCn1c(SCC2=C(C(=O)O)N3C(=O)C(NC(=O)Cc4ccco4)[C@@H]3SC2)nnc(O)c1=O. The third kappa shape index (κ3) is 4.35. The van der Waals surface area contributed by atoms with Gasteiger partial charge < -0.3 is 19.9 Å². The number of nitrogens with zero attached hydrogens (tertiary/aromatic N) is 4. The summed E-state index contributed by atoms with van der Waals surface area (Å²) in [5.74, 6) is -1.94. The zero-order valence-electron chi connectivity index (χ0n) is 17.3. The molecule has 0 radical (unpaired) electrons. The third-order valence-electron chi connectivity index (χ3n) is 5.07. The quantitative estimate of drug-likeness (QED) is 0.335. The van der Waals surface area contributed by atoms with Crippen LogP contribution in [0.2, 0.25) is 0 Å². The molecule has 0 bridgehead atoms. The lowest BCUT2D eigenvalue weighted by molar-refractivity contribution is -0.150. The van der Waals surface area contributed by atoms with Gasteiger partial charge in [-0.3, -0.25) is 23.9 Å². The van der Waals surface area contributed by atoms with E-state index in [1.165, 1.54) is 27.5 Å². The fourth-order valence-electron chi connectivity index (χ4n) is 3.52. The Balaban J connectivity index is 1.48. The van der Waals surface area contributed by atoms with Gasteiger partial charge in [0.05, 0.1) is 12.7 Å². The fraction of sp³-hybridized carbons (Fsp3) is 0.368. The second-order valence-corrected chi connectivity index (χ2v) is 9.16. The van der Waals surface area contributed by atoms with Crippen molar-refractivity contribution in [2.45, 2.75) is 36.5 Å². The lowest BCUT2D eigenvalue weighted by atomic mass is 10.0. The standard InChI is InChI=1S/C19H19N5O7S2/c1-2-23-16(28)14(26)21-22-19(23)33-8-9-7-32-17-12(15(27)24(17)13(9)18(29)30)20-11(25)6-10-4-3-5-31-10/h3-5,12,17H,2,6-8H2,1H3,(H,20,25)(H,21,26)(H,29,30)/t12?,17-/m0/s1. The van der Waals surface area contributed by atoms with Crippen molar-refractivity contribution >= 4 is 41.3 Å². The smallest absolute Gasteiger partial charge is 0.352 e. The molecule has 2 aliphatic heterocycles. The van der Waals surface area contributed by atoms with E-state index >= 15 is 0 Å². The number of β-lactam (4-membered cyclic amide) rings is 1. The number of carboxylic acid groups (broad SMARTS) is 1. The summed E-state index contributed by atoms with van der Waals surface area (Å²) < 4.78 is 6.36. The van der Waals surface area contributed by atoms with Gasteiger partial charge >= 0.3 is 11.5 Å². The molecule has 4 heterocycles. The van der Waals surface area contributed by atoms with Crippen LogP contribution in [0.5, 0.6) is 5.88 Å². The van der Waals surface area contributed by atoms with Crippen LogP contribution in [0.4, 0.5) is 0 Å². The van der Waals surface area contributed by atoms with E-state index in [0.717, 1.165) is 11.8 Å². The number of amides is 2. The summed E-state index contributed by atoms with van der Waals surface area (Å²) in [6, 6.07) is 2.48. The van der Waals surface area contributed by atoms with Crippen LogP contribution in [0.25, 0.3) is 0 Å². The second-order valence-electron chi connectivity index (χ2n) is 7.11. The molecule has 2 aromatic heterocycles. The second kappa shape index (κ2) is 9.31. The summed E-state index contributed by atoms with van der Waals surface area (Å²) in [7, 11) is 0. The summed E-state index contributed by atoms with van der Waals surface area (Å²) in [4.78, 5) is 50.1. The van der Waals surface area contributed by atoms with Crippen molar-refractivity contribution in [1.82, 2.24) is 25.0 Å². The average Bonchev–Trinajstić information content (AvgIpc) is 3.30. The number of hydrogen-bond donors (Lipinski definition) is 3. The zero-order valence-corrected chi connectivity index (χ0v) is 18.9. The largest absolute Gasteiger partial charge is 0.488 e. The van der Waals surface area contributed by atoms with E-state index < -0.39 is 40.6 Å². The highest BCUT2D eigenvalue weighted by Crippen LogP contribution is 2.41. The summed E-state index contributed by atoms with van der Waals surface area (Å²) >= 11 is 2.43. The number of aliphatic carboxylic acids is 1. The fourth-order valence-corrected chi connectivity index (χ4v) is 6.01. The maximum absolute atomic E-state index is 12.7. The summed E-state index contributed by atoms with van der Waals surface area (Å²) in [6.45, 7) is 1.95. The molecule has 4 rings (SSSR count). The Labute approximate surface area is 195 Å². The molecule has 33 heavy (non-hydrogen) atoms. The van der Waals surface area contributed by atoms with Crippen molar-refractivity contribution in [3.8, 4) is 5.88 Å². The topological polar surface area (TPSA) is 168 Å². The molecule has 2 aliphatic rings. The lowest BCUT2D eigenvalue weighted by Gasteiger charge is -2.49. The van der Waals surface area contributed by atoms with Gasteiger partial charge in [0.15, 0.2) is 5.16 Å². The van der Waals surface area contributed by atoms with E-state index in [0.29, 0.717) is 17.1 Å². The Morgan fingerprint density at radius 3 is 2.82 bits per heavy atom. The van der Waals surface area contributed by atoms with Crippen molar-refractivity contribution in [1.29, 1.82) is 0 Å². The Hall–Kier alpha value is -3.26. The van der Waals surface area contributed by atoms with E-state index in [9.17, 15) is 29.4 Å². The number of carboxylic acids is 1. The number of aromatic nitrogens is 3. The Morgan fingerprint density at radius 1 is 1.36 bits per heavy atom. The van der Waals surface area contributed by atoms with Gasteiger partial charge in [0, 0.05) is 18.1 Å². The molecule has 2 aromatic rings. The summed E-state index contributed by atoms with van der Waals surface area (Å²) in [5.41, 5.74) is -0.344. The molecule has 1 fully saturated rings. The van der Waals surface area contributed by atoms with E-state index in [4.69, 9.17) is 4.42 Å². The first-order valence-electron chi connectivity index (χ1n) is 9.82. The molecular weight excluding hydrogens is 474 g/mol. The number of thioether (sulfide) groups is 2. The van der Waals surface area contributed by atoms with Crippen molar-refractivity contribution in [3.05, 3.63) is 45.8 Å². The first-order chi connectivity index (χ1) is 15.8. The molecule has 0 spiro atoms. The molecule has 3 N–H and O–H groups in total. The predicted molar refractivity (Wildman–Crippen MR) is 116 cm³/mol. The number of fused-ring (bicyclic) bond motifs is 1. The molecular formula is C19H19N5O7S2. The number of nitrogens with one attached hydrogen (secondary N) is 1. The van der Waals surface area contributed by atoms with Gasteiger partial charge in [-0.25, -0.2) is 4.79 Å². The lowest BCUT2D eigenvalue weighted by Crippen LogP contribution is -2.70. The van der Waals surface area contributed by atoms with Crippen molar-refractivity contribution in [2.24, 2.45) is 0 Å². The number of aromatic hydroxyl groups is 1. The minimum Gasteiger partial charge on any atom is -0.488 e. The van der Waals surface area contributed by atoms with Gasteiger partial charge in [-0.05, 0) is 24.6 Å². The maximum Gasteiger partial charge on any atom is 0.352 e. The highest BCUT2D eigenvalue weighted by atomic mass is 32.2. The molecule has 0 aliphatic carbocycles. The average molecular weight is 494 g/mol. The number of furan rings is 1. The highest BCUT2D eigenvalue weighted by molar-refractivity contribution is 8.01. The molecule has 14 heteroatoms. The van der Waals surface area contributed by atoms with Crippen molar-refractivity contribution in [2.75, 3.05) is 11.5 Å². The van der Waals surface area contributed by atoms with Crippen LogP contribution in [-0.2, 0) is 27.3 Å². The molecule has 2 atom stereocenters. The molecule has 1 saturated heterocycles. The van der Waals surface area contributed by atoms with Crippen LogP contribution < -0.4 is 10.9 Å². The van der Waals surface area contributed by atoms with Gasteiger partial charge in [-0.15, -0.1) is 22.0 Å². The van der Waals surface area contributed by atoms with Crippen LogP contribution in [0, 0.1) is 0 Å². The van der Waals surface area contributed by atoms with Crippen molar-refractivity contribution in [3.63, 3.8) is 0 Å². The molecule has 0 aromatic carbocycles. The van der Waals surface area contributed by atoms with Gasteiger partial charge in [-0.1, -0.05) is 11.8 Å². The molecule has 12 nitrogen and oxygen atoms in total. The van der Waals surface area contributed by atoms with Crippen LogP contribution in [-0.4, -0.2) is 70.6 Å². The van der Waals surface area contributed by atoms with Crippen LogP contribution in [0.3, 0.4) is 0 Å². The minimum atomic E-state index is -1.26. The number of carbonyl (C=O) groups excluding carboxylic acids is 2. The van der Waals surface area contributed by atoms with Gasteiger partial charge in [0.25, 0.3) is 11.8 Å². The van der Waals surface area contributed by atoms with E-state index in [1.54, 1.807) is 19.1 Å². The third-order valence-corrected chi connectivity index (χ3v) is 7.46. The van der Waals surface area contributed by atoms with Gasteiger partial charge in [0.1, 0.15) is 22.9 Å². The zero-order chi connectivity index (χ0) is 23.7. The highest BCUT2D eigenvalue weighted by Gasteiger charge is 2.54. The number of rotatable bonds is 8. The first-order valence-corrected chi connectivity index (χ1v) is 11.9. The van der Waals surface area contributed by atoms with Crippen LogP contribution in [0.1, 0.15) is 12.7 Å². The van der Waals surface area contributed by atoms with E-state index in [2.05, 4.69) is 15.5 Å². The molecule has 2 amide bonds. The molecule has 1 unspecified atom stereocenters. The van der Waals surface area contributed by atoms with E-state index in [-0.39, 0.29) is 29.6 Å². The number of hydrogen-bond acceptors (Lipinski definition) is 10. The maximum atomic E-state index is 12.7. The Morgan fingerprint density at radius 2 is 2.15 bits per heavy atom. The summed E-state index contributed by atoms with van der Waals surface area (Å²) in [5, 5.41) is 28.8. The van der Waals surface area contributed by atoms with E-state index in [1.807, 2.05) is 0 Å². The van der Waals surface area contributed by atoms with Crippen molar-refractivity contribution < 1.29 is 29.0 Å². The normalized spacial score (nSPS) is 19.8. The van der Waals surface area contributed by atoms with Gasteiger partial charge in [0.2, 0.25) is 5.91 Å². The van der Waals surface area contributed by atoms with Crippen LogP contribution in [0.15, 0.2) is 44.0 Å². The summed E-state index contributed by atoms with van der Waals surface area (Å²) in [6.07, 6.45) is 1.42. The molecule has 174 valence electrons.